The third-order valence-electron chi connectivity index (χ3n) is 3.79. The smallest absolute Gasteiger partial charge is 0.293 e. The molecule has 2 rings (SSSR count). The summed E-state index contributed by atoms with van der Waals surface area (Å²) in [6.07, 6.45) is 0. The second-order valence-electron chi connectivity index (χ2n) is 5.60. The van der Waals surface area contributed by atoms with E-state index >= 15 is 0 Å². The Hall–Kier alpha value is -2.91. The van der Waals surface area contributed by atoms with Crippen LogP contribution in [0.15, 0.2) is 42.5 Å². The third kappa shape index (κ3) is 4.54. The molecule has 0 saturated heterocycles. The zero-order chi connectivity index (χ0) is 17.5. The second-order valence-corrected chi connectivity index (χ2v) is 5.60. The van der Waals surface area contributed by atoms with E-state index in [1.165, 1.54) is 11.6 Å². The number of benzene rings is 2. The maximum absolute atomic E-state index is 11.2. The average molecular weight is 324 g/mol. The highest BCUT2D eigenvalue weighted by Gasteiger charge is 2.14. The summed E-state index contributed by atoms with van der Waals surface area (Å²) < 4.78 is 0. The van der Waals surface area contributed by atoms with Gasteiger partial charge in [0.25, 0.3) is 5.69 Å². The monoisotopic (exact) mass is 324 g/mol. The van der Waals surface area contributed by atoms with Gasteiger partial charge in [-0.3, -0.25) is 10.1 Å². The van der Waals surface area contributed by atoms with E-state index in [4.69, 9.17) is 5.26 Å². The van der Waals surface area contributed by atoms with E-state index in [1.54, 1.807) is 12.1 Å². The lowest BCUT2D eigenvalue weighted by Crippen LogP contribution is -2.16. The zero-order valence-electron chi connectivity index (χ0n) is 13.8. The van der Waals surface area contributed by atoms with Crippen molar-refractivity contribution in [3.8, 4) is 6.07 Å². The van der Waals surface area contributed by atoms with Gasteiger partial charge in [-0.2, -0.15) is 5.26 Å². The number of nitriles is 1. The standard InChI is InChI=1S/C18H20N4O2/c1-3-21(2)13-16-6-4-5-15(9-16)12-20-17-8-7-14(11-19)10-18(17)22(23)24/h4-10,20H,3,12-13H2,1-2H3. The molecule has 124 valence electrons. The van der Waals surface area contributed by atoms with Crippen molar-refractivity contribution < 1.29 is 4.92 Å². The van der Waals surface area contributed by atoms with E-state index in [9.17, 15) is 10.1 Å². The lowest BCUT2D eigenvalue weighted by atomic mass is 10.1. The molecule has 6 nitrogen and oxygen atoms in total. The lowest BCUT2D eigenvalue weighted by Gasteiger charge is -2.14. The number of nitrogens with zero attached hydrogens (tertiary/aromatic N) is 3. The molecular weight excluding hydrogens is 304 g/mol. The lowest BCUT2D eigenvalue weighted by molar-refractivity contribution is -0.384. The van der Waals surface area contributed by atoms with E-state index in [-0.39, 0.29) is 11.3 Å². The van der Waals surface area contributed by atoms with Gasteiger partial charge in [0.1, 0.15) is 5.69 Å². The van der Waals surface area contributed by atoms with Crippen molar-refractivity contribution in [2.24, 2.45) is 0 Å². The Balaban J connectivity index is 2.12. The fraction of sp³-hybridized carbons (Fsp3) is 0.278. The first kappa shape index (κ1) is 17.4. The summed E-state index contributed by atoms with van der Waals surface area (Å²) in [5.41, 5.74) is 2.85. The third-order valence-corrected chi connectivity index (χ3v) is 3.79. The number of nitro groups is 1. The minimum absolute atomic E-state index is 0.0871. The van der Waals surface area contributed by atoms with Crippen LogP contribution in [-0.2, 0) is 13.1 Å². The molecule has 0 atom stereocenters. The molecule has 0 aliphatic rings. The van der Waals surface area contributed by atoms with E-state index < -0.39 is 4.92 Å². The van der Waals surface area contributed by atoms with E-state index in [0.717, 1.165) is 18.7 Å². The van der Waals surface area contributed by atoms with Crippen LogP contribution in [0.1, 0.15) is 23.6 Å². The van der Waals surface area contributed by atoms with Crippen molar-refractivity contribution in [2.75, 3.05) is 18.9 Å². The fourth-order valence-electron chi connectivity index (χ4n) is 2.36. The van der Waals surface area contributed by atoms with Crippen LogP contribution < -0.4 is 5.32 Å². The first-order valence-corrected chi connectivity index (χ1v) is 7.72. The zero-order valence-corrected chi connectivity index (χ0v) is 13.8. The maximum Gasteiger partial charge on any atom is 0.293 e. The summed E-state index contributed by atoms with van der Waals surface area (Å²) in [4.78, 5) is 12.9. The molecule has 0 aliphatic heterocycles. The van der Waals surface area contributed by atoms with E-state index in [1.807, 2.05) is 18.2 Å². The average Bonchev–Trinajstić information content (AvgIpc) is 2.59. The Morgan fingerprint density at radius 3 is 2.67 bits per heavy atom. The van der Waals surface area contributed by atoms with Crippen molar-refractivity contribution in [1.29, 1.82) is 5.26 Å². The molecule has 0 fully saturated rings. The van der Waals surface area contributed by atoms with E-state index in [2.05, 4.69) is 36.3 Å². The Morgan fingerprint density at radius 2 is 2.00 bits per heavy atom. The van der Waals surface area contributed by atoms with Crippen LogP contribution in [-0.4, -0.2) is 23.4 Å². The molecule has 0 heterocycles. The number of hydrogen-bond donors (Lipinski definition) is 1. The summed E-state index contributed by atoms with van der Waals surface area (Å²) in [6.45, 7) is 4.42. The molecule has 0 bridgehead atoms. The number of hydrogen-bond acceptors (Lipinski definition) is 5. The largest absolute Gasteiger partial charge is 0.375 e. The Kier molecular flexibility index (Phi) is 5.88. The molecule has 0 spiro atoms. The first-order chi connectivity index (χ1) is 11.5. The quantitative estimate of drug-likeness (QED) is 0.622. The van der Waals surface area contributed by atoms with Crippen molar-refractivity contribution in [1.82, 2.24) is 4.90 Å². The molecule has 0 amide bonds. The molecule has 0 aliphatic carbocycles. The van der Waals surface area contributed by atoms with Crippen LogP contribution in [0.4, 0.5) is 11.4 Å². The molecule has 0 aromatic heterocycles. The van der Waals surface area contributed by atoms with Crippen LogP contribution in [0, 0.1) is 21.4 Å². The molecule has 2 aromatic rings. The number of nitrogens with one attached hydrogen (secondary N) is 1. The molecule has 6 heteroatoms. The minimum atomic E-state index is -0.476. The molecule has 2 aromatic carbocycles. The van der Waals surface area contributed by atoms with E-state index in [0.29, 0.717) is 12.2 Å². The molecule has 0 radical (unpaired) electrons. The van der Waals surface area contributed by atoms with Gasteiger partial charge in [-0.25, -0.2) is 0 Å². The molecule has 1 N–H and O–H groups in total. The first-order valence-electron chi connectivity index (χ1n) is 7.72. The van der Waals surface area contributed by atoms with Crippen molar-refractivity contribution in [3.63, 3.8) is 0 Å². The van der Waals surface area contributed by atoms with Gasteiger partial charge in [0.2, 0.25) is 0 Å². The predicted molar refractivity (Wildman–Crippen MR) is 93.6 cm³/mol. The van der Waals surface area contributed by atoms with Gasteiger partial charge in [-0.05, 0) is 36.9 Å². The summed E-state index contributed by atoms with van der Waals surface area (Å²) in [6, 6.07) is 14.5. The van der Waals surface area contributed by atoms with Gasteiger partial charge >= 0.3 is 0 Å². The summed E-state index contributed by atoms with van der Waals surface area (Å²) >= 11 is 0. The number of anilines is 1. The summed E-state index contributed by atoms with van der Waals surface area (Å²) in [5, 5.41) is 23.1. The highest BCUT2D eigenvalue weighted by molar-refractivity contribution is 5.64. The predicted octanol–water partition coefficient (Wildman–Crippen LogP) is 3.53. The van der Waals surface area contributed by atoms with Gasteiger partial charge in [0.05, 0.1) is 16.6 Å². The van der Waals surface area contributed by atoms with Crippen LogP contribution in [0.2, 0.25) is 0 Å². The van der Waals surface area contributed by atoms with Gasteiger partial charge in [-0.1, -0.05) is 31.2 Å². The highest BCUT2D eigenvalue weighted by atomic mass is 16.6. The Bertz CT molecular complexity index is 768. The fourth-order valence-corrected chi connectivity index (χ4v) is 2.36. The van der Waals surface area contributed by atoms with Crippen LogP contribution in [0.3, 0.4) is 0 Å². The SMILES string of the molecule is CCN(C)Cc1cccc(CNc2ccc(C#N)cc2[N+](=O)[O-])c1. The van der Waals surface area contributed by atoms with Crippen molar-refractivity contribution in [3.05, 3.63) is 69.3 Å². The molecule has 24 heavy (non-hydrogen) atoms. The van der Waals surface area contributed by atoms with Crippen molar-refractivity contribution >= 4 is 11.4 Å². The van der Waals surface area contributed by atoms with Crippen LogP contribution >= 0.6 is 0 Å². The van der Waals surface area contributed by atoms with Gasteiger partial charge < -0.3 is 10.2 Å². The second kappa shape index (κ2) is 8.09. The van der Waals surface area contributed by atoms with Gasteiger partial charge in [-0.15, -0.1) is 0 Å². The normalized spacial score (nSPS) is 10.4. The highest BCUT2D eigenvalue weighted by Crippen LogP contribution is 2.26. The van der Waals surface area contributed by atoms with Gasteiger partial charge in [0, 0.05) is 19.2 Å². The van der Waals surface area contributed by atoms with Crippen LogP contribution in [0.5, 0.6) is 0 Å². The maximum atomic E-state index is 11.2. The number of nitro benzene ring substituents is 1. The summed E-state index contributed by atoms with van der Waals surface area (Å²) in [5.74, 6) is 0. The van der Waals surface area contributed by atoms with Crippen molar-refractivity contribution in [2.45, 2.75) is 20.0 Å². The summed E-state index contributed by atoms with van der Waals surface area (Å²) in [7, 11) is 2.06. The minimum Gasteiger partial charge on any atom is -0.375 e. The molecular formula is C18H20N4O2. The van der Waals surface area contributed by atoms with Gasteiger partial charge in [0.15, 0.2) is 0 Å². The van der Waals surface area contributed by atoms with Crippen LogP contribution in [0.25, 0.3) is 0 Å². The molecule has 0 unspecified atom stereocenters. The Morgan fingerprint density at radius 1 is 1.25 bits per heavy atom. The molecule has 0 saturated carbocycles. The Labute approximate surface area is 141 Å². The number of rotatable bonds is 7. The topological polar surface area (TPSA) is 82.2 Å².